The number of nitrogens with one attached hydrogen (secondary N) is 1. The van der Waals surface area contributed by atoms with Gasteiger partial charge in [-0.15, -0.1) is 0 Å². The monoisotopic (exact) mass is 252 g/mol. The molecule has 1 aromatic carbocycles. The first-order valence-corrected chi connectivity index (χ1v) is 6.63. The van der Waals surface area contributed by atoms with Crippen molar-refractivity contribution in [1.82, 2.24) is 10.2 Å². The summed E-state index contributed by atoms with van der Waals surface area (Å²) in [4.78, 5) is 2.23. The Labute approximate surface area is 106 Å². The fraction of sp³-hybridized carbons (Fsp3) is 0.571. The van der Waals surface area contributed by atoms with E-state index in [1.54, 1.807) is 0 Å². The van der Waals surface area contributed by atoms with E-state index in [-0.39, 0.29) is 11.6 Å². The molecule has 0 amide bonds. The molecule has 1 aromatic rings. The van der Waals surface area contributed by atoms with E-state index >= 15 is 0 Å². The molecule has 0 aliphatic carbocycles. The molecule has 2 fully saturated rings. The number of fused-ring (bicyclic) bond motifs is 2. The van der Waals surface area contributed by atoms with Crippen molar-refractivity contribution in [2.45, 2.75) is 37.9 Å². The van der Waals surface area contributed by atoms with Gasteiger partial charge in [0.15, 0.2) is 0 Å². The standard InChI is InChI=1S/C14H18F2N2/c15-11-1-4-14(16)10(7-11)8-18-6-5-12-2-3-13(9-18)17-12/h1,4,7,12-13,17H,2-3,5-6,8-9H2. The highest BCUT2D eigenvalue weighted by molar-refractivity contribution is 5.18. The topological polar surface area (TPSA) is 15.3 Å². The molecule has 2 bridgehead atoms. The SMILES string of the molecule is Fc1ccc(F)c(CN2CCC3CCC(C2)N3)c1. The van der Waals surface area contributed by atoms with Gasteiger partial charge in [0.05, 0.1) is 0 Å². The van der Waals surface area contributed by atoms with Crippen molar-refractivity contribution in [1.29, 1.82) is 0 Å². The molecule has 4 heteroatoms. The van der Waals surface area contributed by atoms with Crippen molar-refractivity contribution < 1.29 is 8.78 Å². The Morgan fingerprint density at radius 2 is 2.00 bits per heavy atom. The molecule has 2 unspecified atom stereocenters. The lowest BCUT2D eigenvalue weighted by Gasteiger charge is -2.24. The minimum atomic E-state index is -0.360. The normalized spacial score (nSPS) is 28.3. The van der Waals surface area contributed by atoms with Crippen molar-refractivity contribution in [3.8, 4) is 0 Å². The number of nitrogens with zero attached hydrogens (tertiary/aromatic N) is 1. The Morgan fingerprint density at radius 1 is 1.17 bits per heavy atom. The van der Waals surface area contributed by atoms with E-state index in [1.807, 2.05) is 0 Å². The van der Waals surface area contributed by atoms with E-state index in [0.29, 0.717) is 24.2 Å². The fourth-order valence-corrected chi connectivity index (χ4v) is 3.06. The average Bonchev–Trinajstić information content (AvgIpc) is 2.67. The van der Waals surface area contributed by atoms with Gasteiger partial charge in [-0.1, -0.05) is 0 Å². The Hall–Kier alpha value is -1.00. The van der Waals surface area contributed by atoms with Crippen LogP contribution in [-0.4, -0.2) is 30.1 Å². The van der Waals surface area contributed by atoms with Crippen LogP contribution in [0.15, 0.2) is 18.2 Å². The van der Waals surface area contributed by atoms with Crippen LogP contribution < -0.4 is 5.32 Å². The predicted octanol–water partition coefficient (Wildman–Crippen LogP) is 2.29. The van der Waals surface area contributed by atoms with E-state index in [9.17, 15) is 8.78 Å². The van der Waals surface area contributed by atoms with Gasteiger partial charge in [0, 0.05) is 37.3 Å². The average molecular weight is 252 g/mol. The summed E-state index contributed by atoms with van der Waals surface area (Å²) in [6.45, 7) is 2.41. The molecule has 18 heavy (non-hydrogen) atoms. The first-order chi connectivity index (χ1) is 8.70. The largest absolute Gasteiger partial charge is 0.310 e. The number of benzene rings is 1. The first kappa shape index (κ1) is 12.1. The first-order valence-electron chi connectivity index (χ1n) is 6.63. The highest BCUT2D eigenvalue weighted by atomic mass is 19.1. The van der Waals surface area contributed by atoms with Crippen LogP contribution in [0, 0.1) is 11.6 Å². The lowest BCUT2D eigenvalue weighted by Crippen LogP contribution is -2.35. The van der Waals surface area contributed by atoms with E-state index in [2.05, 4.69) is 10.2 Å². The second-order valence-corrected chi connectivity index (χ2v) is 5.40. The van der Waals surface area contributed by atoms with E-state index in [0.717, 1.165) is 19.5 Å². The third-order valence-electron chi connectivity index (χ3n) is 4.01. The maximum atomic E-state index is 13.6. The lowest BCUT2D eigenvalue weighted by atomic mass is 10.1. The van der Waals surface area contributed by atoms with Gasteiger partial charge in [-0.2, -0.15) is 0 Å². The summed E-state index contributed by atoms with van der Waals surface area (Å²) < 4.78 is 26.7. The molecular formula is C14H18F2N2. The number of likely N-dealkylation sites (tertiary alicyclic amines) is 1. The lowest BCUT2D eigenvalue weighted by molar-refractivity contribution is 0.247. The van der Waals surface area contributed by atoms with Gasteiger partial charge >= 0.3 is 0 Å². The minimum Gasteiger partial charge on any atom is -0.310 e. The third kappa shape index (κ3) is 2.54. The molecule has 0 saturated carbocycles. The molecule has 2 atom stereocenters. The zero-order valence-electron chi connectivity index (χ0n) is 10.3. The summed E-state index contributed by atoms with van der Waals surface area (Å²) in [5, 5.41) is 3.59. The van der Waals surface area contributed by atoms with Gasteiger partial charge in [-0.05, 0) is 37.5 Å². The van der Waals surface area contributed by atoms with Crippen molar-refractivity contribution in [3.05, 3.63) is 35.4 Å². The van der Waals surface area contributed by atoms with Gasteiger partial charge in [0.1, 0.15) is 11.6 Å². The van der Waals surface area contributed by atoms with Crippen LogP contribution in [-0.2, 0) is 6.54 Å². The smallest absolute Gasteiger partial charge is 0.127 e. The zero-order chi connectivity index (χ0) is 12.5. The number of halogens is 2. The van der Waals surface area contributed by atoms with Gasteiger partial charge in [0.2, 0.25) is 0 Å². The summed E-state index contributed by atoms with van der Waals surface area (Å²) in [7, 11) is 0. The van der Waals surface area contributed by atoms with Crippen molar-refractivity contribution in [2.75, 3.05) is 13.1 Å². The highest BCUT2D eigenvalue weighted by Gasteiger charge is 2.29. The molecule has 2 aliphatic heterocycles. The van der Waals surface area contributed by atoms with Crippen LogP contribution >= 0.6 is 0 Å². The molecule has 2 nitrogen and oxygen atoms in total. The van der Waals surface area contributed by atoms with E-state index in [4.69, 9.17) is 0 Å². The summed E-state index contributed by atoms with van der Waals surface area (Å²) in [5.74, 6) is -0.667. The molecule has 2 aliphatic rings. The summed E-state index contributed by atoms with van der Waals surface area (Å²) in [5.41, 5.74) is 0.466. The third-order valence-corrected chi connectivity index (χ3v) is 4.01. The molecule has 98 valence electrons. The summed E-state index contributed by atoms with van der Waals surface area (Å²) in [6, 6.07) is 4.84. The molecule has 0 aromatic heterocycles. The van der Waals surface area contributed by atoms with Gasteiger partial charge < -0.3 is 5.32 Å². The predicted molar refractivity (Wildman–Crippen MR) is 66.2 cm³/mol. The van der Waals surface area contributed by atoms with Crippen molar-refractivity contribution in [3.63, 3.8) is 0 Å². The van der Waals surface area contributed by atoms with Crippen LogP contribution in [0.25, 0.3) is 0 Å². The quantitative estimate of drug-likeness (QED) is 0.868. The van der Waals surface area contributed by atoms with Crippen LogP contribution in [0.5, 0.6) is 0 Å². The Morgan fingerprint density at radius 3 is 2.89 bits per heavy atom. The van der Waals surface area contributed by atoms with Crippen LogP contribution in [0.2, 0.25) is 0 Å². The highest BCUT2D eigenvalue weighted by Crippen LogP contribution is 2.22. The van der Waals surface area contributed by atoms with Crippen molar-refractivity contribution in [2.24, 2.45) is 0 Å². The second kappa shape index (κ2) is 4.94. The molecule has 3 rings (SSSR count). The van der Waals surface area contributed by atoms with E-state index in [1.165, 1.54) is 31.0 Å². The maximum Gasteiger partial charge on any atom is 0.127 e. The summed E-state index contributed by atoms with van der Waals surface area (Å²) in [6.07, 6.45) is 3.56. The van der Waals surface area contributed by atoms with E-state index < -0.39 is 0 Å². The Bertz CT molecular complexity index is 436. The van der Waals surface area contributed by atoms with Crippen LogP contribution in [0.4, 0.5) is 8.78 Å². The molecule has 2 saturated heterocycles. The summed E-state index contributed by atoms with van der Waals surface area (Å²) >= 11 is 0. The van der Waals surface area contributed by atoms with Gasteiger partial charge in [-0.25, -0.2) is 8.78 Å². The fourth-order valence-electron chi connectivity index (χ4n) is 3.06. The molecule has 2 heterocycles. The number of hydrogen-bond donors (Lipinski definition) is 1. The second-order valence-electron chi connectivity index (χ2n) is 5.40. The minimum absolute atomic E-state index is 0.307. The number of rotatable bonds is 2. The zero-order valence-corrected chi connectivity index (χ0v) is 10.3. The maximum absolute atomic E-state index is 13.6. The molecular weight excluding hydrogens is 234 g/mol. The van der Waals surface area contributed by atoms with Gasteiger partial charge in [-0.3, -0.25) is 4.90 Å². The molecule has 0 radical (unpaired) electrons. The van der Waals surface area contributed by atoms with Crippen molar-refractivity contribution >= 4 is 0 Å². The molecule has 1 N–H and O–H groups in total. The van der Waals surface area contributed by atoms with Crippen LogP contribution in [0.1, 0.15) is 24.8 Å². The van der Waals surface area contributed by atoms with Gasteiger partial charge in [0.25, 0.3) is 0 Å². The van der Waals surface area contributed by atoms with Crippen LogP contribution in [0.3, 0.4) is 0 Å². The molecule has 0 spiro atoms. The Balaban J connectivity index is 1.70. The Kier molecular flexibility index (Phi) is 3.31. The number of hydrogen-bond acceptors (Lipinski definition) is 2.